The summed E-state index contributed by atoms with van der Waals surface area (Å²) in [6.45, 7) is -0.501. The van der Waals surface area contributed by atoms with Gasteiger partial charge in [-0.25, -0.2) is 8.42 Å². The predicted molar refractivity (Wildman–Crippen MR) is 61.4 cm³/mol. The number of benzene rings is 1. The molecule has 0 bridgehead atoms. The van der Waals surface area contributed by atoms with Crippen LogP contribution in [0.4, 0.5) is 0 Å². The van der Waals surface area contributed by atoms with Gasteiger partial charge >= 0.3 is 5.97 Å². The zero-order valence-corrected chi connectivity index (χ0v) is 10.4. The third-order valence-corrected chi connectivity index (χ3v) is 3.53. The van der Waals surface area contributed by atoms with Crippen LogP contribution in [0.5, 0.6) is 0 Å². The lowest BCUT2D eigenvalue weighted by Gasteiger charge is -2.15. The quantitative estimate of drug-likeness (QED) is 0.788. The van der Waals surface area contributed by atoms with Crippen molar-refractivity contribution in [1.29, 1.82) is 0 Å². The smallest absolute Gasteiger partial charge is 0.315 e. The summed E-state index contributed by atoms with van der Waals surface area (Å²) in [5.74, 6) is -1.64. The van der Waals surface area contributed by atoms with E-state index in [-0.39, 0.29) is 10.5 Å². The molecular weight excluding hydrogens is 244 g/mol. The van der Waals surface area contributed by atoms with Crippen LogP contribution in [0.15, 0.2) is 29.2 Å². The van der Waals surface area contributed by atoms with E-state index in [0.29, 0.717) is 0 Å². The van der Waals surface area contributed by atoms with Gasteiger partial charge in [-0.15, -0.1) is 0 Å². The average Bonchev–Trinajstić information content (AvgIpc) is 2.29. The van der Waals surface area contributed by atoms with E-state index in [9.17, 15) is 18.3 Å². The second-order valence-corrected chi connectivity index (χ2v) is 5.55. The van der Waals surface area contributed by atoms with Gasteiger partial charge in [0.25, 0.3) is 0 Å². The Morgan fingerprint density at radius 3 is 2.47 bits per heavy atom. The molecule has 1 rings (SSSR count). The van der Waals surface area contributed by atoms with Crippen molar-refractivity contribution in [2.45, 2.75) is 10.8 Å². The number of aliphatic hydroxyl groups excluding tert-OH is 1. The third kappa shape index (κ3) is 3.04. The van der Waals surface area contributed by atoms with Gasteiger partial charge in [0.2, 0.25) is 0 Å². The molecule has 0 radical (unpaired) electrons. The Hall–Kier alpha value is -1.40. The zero-order chi connectivity index (χ0) is 13.1. The minimum atomic E-state index is -3.45. The van der Waals surface area contributed by atoms with E-state index in [1.165, 1.54) is 19.2 Å². The maximum Gasteiger partial charge on any atom is 0.315 e. The van der Waals surface area contributed by atoms with Gasteiger partial charge in [0.05, 0.1) is 18.6 Å². The van der Waals surface area contributed by atoms with Gasteiger partial charge in [0, 0.05) is 6.26 Å². The van der Waals surface area contributed by atoms with Crippen molar-refractivity contribution in [3.63, 3.8) is 0 Å². The summed E-state index contributed by atoms with van der Waals surface area (Å²) >= 11 is 0. The molecule has 0 aliphatic rings. The molecule has 0 amide bonds. The number of rotatable bonds is 4. The van der Waals surface area contributed by atoms with Crippen molar-refractivity contribution in [2.75, 3.05) is 20.0 Å². The summed E-state index contributed by atoms with van der Waals surface area (Å²) < 4.78 is 27.6. The van der Waals surface area contributed by atoms with Crippen LogP contribution in [0.3, 0.4) is 0 Å². The van der Waals surface area contributed by atoms with Crippen molar-refractivity contribution in [3.8, 4) is 0 Å². The van der Waals surface area contributed by atoms with Crippen LogP contribution in [0.2, 0.25) is 0 Å². The molecule has 0 aliphatic heterocycles. The number of sulfone groups is 1. The highest BCUT2D eigenvalue weighted by molar-refractivity contribution is 7.90. The molecule has 94 valence electrons. The van der Waals surface area contributed by atoms with Crippen LogP contribution in [-0.4, -0.2) is 39.5 Å². The number of carbonyl (C=O) groups is 1. The molecule has 1 N–H and O–H groups in total. The lowest BCUT2D eigenvalue weighted by atomic mass is 10.0. The lowest BCUT2D eigenvalue weighted by Crippen LogP contribution is -2.20. The largest absolute Gasteiger partial charge is 0.468 e. The lowest BCUT2D eigenvalue weighted by molar-refractivity contribution is -0.143. The van der Waals surface area contributed by atoms with Crippen LogP contribution in [0.1, 0.15) is 11.5 Å². The Balaban J connectivity index is 3.35. The molecule has 1 aromatic rings. The summed E-state index contributed by atoms with van der Waals surface area (Å²) in [6.07, 6.45) is 1.05. The van der Waals surface area contributed by atoms with E-state index in [1.54, 1.807) is 12.1 Å². The SMILES string of the molecule is COC(=O)C(CO)c1ccccc1S(C)(=O)=O. The number of carbonyl (C=O) groups excluding carboxylic acids is 1. The molecular formula is C11H14O5S. The molecule has 1 unspecified atom stereocenters. The molecule has 0 spiro atoms. The Bertz CT molecular complexity index is 506. The predicted octanol–water partition coefficient (Wildman–Crippen LogP) is 0.339. The molecule has 0 heterocycles. The number of aliphatic hydroxyl groups is 1. The molecule has 0 aliphatic carbocycles. The number of hydrogen-bond donors (Lipinski definition) is 1. The Kier molecular flexibility index (Phi) is 4.25. The van der Waals surface area contributed by atoms with E-state index in [1.807, 2.05) is 0 Å². The van der Waals surface area contributed by atoms with Gasteiger partial charge in [0.1, 0.15) is 5.92 Å². The molecule has 6 heteroatoms. The summed E-state index contributed by atoms with van der Waals surface area (Å²) in [7, 11) is -2.26. The van der Waals surface area contributed by atoms with Crippen LogP contribution < -0.4 is 0 Å². The minimum absolute atomic E-state index is 0.0319. The summed E-state index contributed by atoms with van der Waals surface area (Å²) in [6, 6.07) is 6.06. The summed E-state index contributed by atoms with van der Waals surface area (Å²) in [4.78, 5) is 11.5. The monoisotopic (exact) mass is 258 g/mol. The molecule has 17 heavy (non-hydrogen) atoms. The van der Waals surface area contributed by atoms with Gasteiger partial charge in [-0.3, -0.25) is 4.79 Å². The van der Waals surface area contributed by atoms with Gasteiger partial charge in [-0.05, 0) is 11.6 Å². The fourth-order valence-electron chi connectivity index (χ4n) is 1.55. The molecule has 0 saturated carbocycles. The van der Waals surface area contributed by atoms with Crippen molar-refractivity contribution in [3.05, 3.63) is 29.8 Å². The van der Waals surface area contributed by atoms with Crippen LogP contribution in [0, 0.1) is 0 Å². The van der Waals surface area contributed by atoms with E-state index in [0.717, 1.165) is 6.26 Å². The molecule has 0 saturated heterocycles. The molecule has 0 fully saturated rings. The van der Waals surface area contributed by atoms with Gasteiger partial charge < -0.3 is 9.84 Å². The van der Waals surface area contributed by atoms with E-state index < -0.39 is 28.3 Å². The van der Waals surface area contributed by atoms with Crippen molar-refractivity contribution in [1.82, 2.24) is 0 Å². The maximum absolute atomic E-state index is 11.6. The van der Waals surface area contributed by atoms with Crippen molar-refractivity contribution in [2.24, 2.45) is 0 Å². The molecule has 1 atom stereocenters. The molecule has 0 aromatic heterocycles. The van der Waals surface area contributed by atoms with Crippen molar-refractivity contribution >= 4 is 15.8 Å². The highest BCUT2D eigenvalue weighted by atomic mass is 32.2. The summed E-state index contributed by atoms with van der Waals surface area (Å²) in [5, 5.41) is 9.18. The number of esters is 1. The highest BCUT2D eigenvalue weighted by Gasteiger charge is 2.26. The standard InChI is InChI=1S/C11H14O5S/c1-16-11(13)9(7-12)8-5-3-4-6-10(8)17(2,14)15/h3-6,9,12H,7H2,1-2H3. The second-order valence-electron chi connectivity index (χ2n) is 3.57. The third-order valence-electron chi connectivity index (χ3n) is 2.36. The van der Waals surface area contributed by atoms with E-state index in [2.05, 4.69) is 4.74 Å². The molecule has 1 aromatic carbocycles. The van der Waals surface area contributed by atoms with E-state index in [4.69, 9.17) is 0 Å². The van der Waals surface area contributed by atoms with Crippen molar-refractivity contribution < 1.29 is 23.1 Å². The topological polar surface area (TPSA) is 80.7 Å². The summed E-state index contributed by atoms with van der Waals surface area (Å²) in [5.41, 5.74) is 0.254. The Morgan fingerprint density at radius 2 is 2.00 bits per heavy atom. The fourth-order valence-corrected chi connectivity index (χ4v) is 2.51. The average molecular weight is 258 g/mol. The normalized spacial score (nSPS) is 13.1. The maximum atomic E-state index is 11.6. The van der Waals surface area contributed by atoms with Crippen LogP contribution in [0.25, 0.3) is 0 Å². The Morgan fingerprint density at radius 1 is 1.41 bits per heavy atom. The zero-order valence-electron chi connectivity index (χ0n) is 9.58. The van der Waals surface area contributed by atoms with E-state index >= 15 is 0 Å². The van der Waals surface area contributed by atoms with Gasteiger partial charge in [-0.1, -0.05) is 18.2 Å². The van der Waals surface area contributed by atoms with Gasteiger partial charge in [0.15, 0.2) is 9.84 Å². The second kappa shape index (κ2) is 5.29. The van der Waals surface area contributed by atoms with Crippen LogP contribution >= 0.6 is 0 Å². The van der Waals surface area contributed by atoms with Gasteiger partial charge in [-0.2, -0.15) is 0 Å². The number of methoxy groups -OCH3 is 1. The molecule has 5 nitrogen and oxygen atoms in total. The highest BCUT2D eigenvalue weighted by Crippen LogP contribution is 2.24. The first-order chi connectivity index (χ1) is 7.91. The number of ether oxygens (including phenoxy) is 1. The first kappa shape index (κ1) is 13.7. The minimum Gasteiger partial charge on any atom is -0.468 e. The fraction of sp³-hybridized carbons (Fsp3) is 0.364. The first-order valence-corrected chi connectivity index (χ1v) is 6.78. The first-order valence-electron chi connectivity index (χ1n) is 4.89. The Labute approximate surface area is 100.0 Å². The number of hydrogen-bond acceptors (Lipinski definition) is 5. The van der Waals surface area contributed by atoms with Crippen LogP contribution in [-0.2, 0) is 19.4 Å².